The Hall–Kier alpha value is -0.730. The first-order valence-electron chi connectivity index (χ1n) is 6.82. The van der Waals surface area contributed by atoms with Crippen LogP contribution in [0.5, 0.6) is 0 Å². The second kappa shape index (κ2) is 5.94. The molecule has 0 radical (unpaired) electrons. The Morgan fingerprint density at radius 1 is 1.22 bits per heavy atom. The summed E-state index contributed by atoms with van der Waals surface area (Å²) in [5, 5.41) is 0.805. The van der Waals surface area contributed by atoms with E-state index in [9.17, 15) is 0 Å². The quantitative estimate of drug-likeness (QED) is 0.896. The van der Waals surface area contributed by atoms with Crippen molar-refractivity contribution in [2.45, 2.75) is 38.1 Å². The van der Waals surface area contributed by atoms with E-state index in [0.717, 1.165) is 16.3 Å². The minimum absolute atomic E-state index is 0.0917. The topological polar surface area (TPSA) is 29.3 Å². The number of rotatable bonds is 3. The van der Waals surface area contributed by atoms with Gasteiger partial charge in [-0.3, -0.25) is 0 Å². The fourth-order valence-corrected chi connectivity index (χ4v) is 3.11. The molecule has 1 aliphatic carbocycles. The molecule has 0 heterocycles. The normalized spacial score (nSPS) is 18.7. The summed E-state index contributed by atoms with van der Waals surface area (Å²) in [5.41, 5.74) is 8.63. The number of hydrogen-bond donors (Lipinski definition) is 1. The van der Waals surface area contributed by atoms with Gasteiger partial charge in [0.05, 0.1) is 0 Å². The Morgan fingerprint density at radius 3 is 2.44 bits per heavy atom. The molecule has 18 heavy (non-hydrogen) atoms. The number of nitrogens with two attached hydrogens (primary N) is 1. The third-order valence-corrected chi connectivity index (χ3v) is 4.34. The van der Waals surface area contributed by atoms with Crippen LogP contribution in [0.15, 0.2) is 18.2 Å². The van der Waals surface area contributed by atoms with E-state index in [1.165, 1.54) is 32.1 Å². The van der Waals surface area contributed by atoms with E-state index in [2.05, 4.69) is 17.0 Å². The molecule has 0 saturated heterocycles. The maximum atomic E-state index is 6.40. The third kappa shape index (κ3) is 2.99. The fraction of sp³-hybridized carbons (Fsp3) is 0.600. The van der Waals surface area contributed by atoms with Crippen molar-refractivity contribution in [3.8, 4) is 0 Å². The molecule has 100 valence electrons. The van der Waals surface area contributed by atoms with Crippen molar-refractivity contribution < 1.29 is 0 Å². The molecule has 0 spiro atoms. The molecule has 0 amide bonds. The van der Waals surface area contributed by atoms with E-state index in [0.29, 0.717) is 5.92 Å². The molecule has 1 aromatic rings. The average Bonchev–Trinajstić information content (AvgIpc) is 2.38. The van der Waals surface area contributed by atoms with Crippen molar-refractivity contribution >= 4 is 17.3 Å². The molecule has 2 N–H and O–H groups in total. The predicted octanol–water partition coefficient (Wildman–Crippen LogP) is 3.99. The van der Waals surface area contributed by atoms with Crippen LogP contribution in [0.3, 0.4) is 0 Å². The largest absolute Gasteiger partial charge is 0.378 e. The Kier molecular flexibility index (Phi) is 4.52. The molecule has 1 aliphatic rings. The number of halogens is 1. The van der Waals surface area contributed by atoms with Crippen LogP contribution in [0.25, 0.3) is 0 Å². The van der Waals surface area contributed by atoms with Gasteiger partial charge < -0.3 is 10.6 Å². The van der Waals surface area contributed by atoms with Crippen molar-refractivity contribution in [1.82, 2.24) is 0 Å². The molecule has 0 unspecified atom stereocenters. The van der Waals surface area contributed by atoms with Crippen LogP contribution in [0.1, 0.15) is 43.7 Å². The lowest BCUT2D eigenvalue weighted by Crippen LogP contribution is -2.24. The zero-order valence-corrected chi connectivity index (χ0v) is 12.1. The Bertz CT molecular complexity index is 397. The molecule has 0 aromatic heterocycles. The predicted molar refractivity (Wildman–Crippen MR) is 79.3 cm³/mol. The van der Waals surface area contributed by atoms with Gasteiger partial charge in [-0.25, -0.2) is 0 Å². The Morgan fingerprint density at radius 2 is 1.89 bits per heavy atom. The summed E-state index contributed by atoms with van der Waals surface area (Å²) >= 11 is 6.38. The first kappa shape index (κ1) is 13.7. The summed E-state index contributed by atoms with van der Waals surface area (Å²) < 4.78 is 0. The molecule has 3 heteroatoms. The summed E-state index contributed by atoms with van der Waals surface area (Å²) in [4.78, 5) is 2.06. The number of hydrogen-bond acceptors (Lipinski definition) is 2. The van der Waals surface area contributed by atoms with E-state index in [1.807, 2.05) is 20.2 Å². The van der Waals surface area contributed by atoms with Gasteiger partial charge in [0.2, 0.25) is 0 Å². The summed E-state index contributed by atoms with van der Waals surface area (Å²) in [6.07, 6.45) is 6.47. The van der Waals surface area contributed by atoms with Crippen molar-refractivity contribution in [2.24, 2.45) is 11.7 Å². The smallest absolute Gasteiger partial charge is 0.0474 e. The standard InChI is InChI=1S/C15H23ClN2/c1-18(2)12-8-9-13(14(16)10-12)15(17)11-6-4-3-5-7-11/h8-11,15H,3-7,17H2,1-2H3/t15-/m1/s1. The van der Waals surface area contributed by atoms with Gasteiger partial charge in [-0.05, 0) is 36.5 Å². The van der Waals surface area contributed by atoms with Gasteiger partial charge in [-0.1, -0.05) is 36.9 Å². The summed E-state index contributed by atoms with van der Waals surface area (Å²) in [5.74, 6) is 0.599. The molecule has 1 fully saturated rings. The maximum absolute atomic E-state index is 6.40. The molecule has 0 aliphatic heterocycles. The van der Waals surface area contributed by atoms with Gasteiger partial charge in [-0.15, -0.1) is 0 Å². The monoisotopic (exact) mass is 266 g/mol. The van der Waals surface area contributed by atoms with Crippen LogP contribution >= 0.6 is 11.6 Å². The van der Waals surface area contributed by atoms with E-state index < -0.39 is 0 Å². The van der Waals surface area contributed by atoms with E-state index in [4.69, 9.17) is 17.3 Å². The van der Waals surface area contributed by atoms with Crippen LogP contribution in [-0.4, -0.2) is 14.1 Å². The van der Waals surface area contributed by atoms with Gasteiger partial charge in [0.1, 0.15) is 0 Å². The molecular weight excluding hydrogens is 244 g/mol. The second-order valence-electron chi connectivity index (χ2n) is 5.52. The highest BCUT2D eigenvalue weighted by atomic mass is 35.5. The van der Waals surface area contributed by atoms with Crippen LogP contribution in [-0.2, 0) is 0 Å². The number of benzene rings is 1. The molecule has 2 nitrogen and oxygen atoms in total. The molecule has 1 aromatic carbocycles. The lowest BCUT2D eigenvalue weighted by Gasteiger charge is -2.28. The van der Waals surface area contributed by atoms with Crippen molar-refractivity contribution in [1.29, 1.82) is 0 Å². The summed E-state index contributed by atoms with van der Waals surface area (Å²) in [6.45, 7) is 0. The zero-order chi connectivity index (χ0) is 13.1. The van der Waals surface area contributed by atoms with Gasteiger partial charge in [0.15, 0.2) is 0 Å². The third-order valence-electron chi connectivity index (χ3n) is 4.02. The molecule has 1 saturated carbocycles. The second-order valence-corrected chi connectivity index (χ2v) is 5.93. The Labute approximate surface area is 115 Å². The summed E-state index contributed by atoms with van der Waals surface area (Å²) in [7, 11) is 4.04. The van der Waals surface area contributed by atoms with Gasteiger partial charge in [0.25, 0.3) is 0 Å². The van der Waals surface area contributed by atoms with E-state index >= 15 is 0 Å². The summed E-state index contributed by atoms with van der Waals surface area (Å²) in [6, 6.07) is 6.30. The molecule has 0 bridgehead atoms. The number of anilines is 1. The molecular formula is C15H23ClN2. The molecule has 1 atom stereocenters. The lowest BCUT2D eigenvalue weighted by molar-refractivity contribution is 0.308. The zero-order valence-electron chi connectivity index (χ0n) is 11.3. The fourth-order valence-electron chi connectivity index (χ4n) is 2.81. The highest BCUT2D eigenvalue weighted by Gasteiger charge is 2.23. The van der Waals surface area contributed by atoms with Crippen molar-refractivity contribution in [3.05, 3.63) is 28.8 Å². The highest BCUT2D eigenvalue weighted by Crippen LogP contribution is 2.36. The van der Waals surface area contributed by atoms with Crippen molar-refractivity contribution in [2.75, 3.05) is 19.0 Å². The maximum Gasteiger partial charge on any atom is 0.0474 e. The average molecular weight is 267 g/mol. The van der Waals surface area contributed by atoms with Gasteiger partial charge in [-0.2, -0.15) is 0 Å². The molecule has 2 rings (SSSR count). The first-order chi connectivity index (χ1) is 8.59. The SMILES string of the molecule is CN(C)c1ccc([C@H](N)C2CCCCC2)c(Cl)c1. The van der Waals surface area contributed by atoms with Crippen LogP contribution in [0.2, 0.25) is 5.02 Å². The highest BCUT2D eigenvalue weighted by molar-refractivity contribution is 6.31. The lowest BCUT2D eigenvalue weighted by atomic mass is 9.81. The minimum atomic E-state index is 0.0917. The minimum Gasteiger partial charge on any atom is -0.378 e. The van der Waals surface area contributed by atoms with Crippen molar-refractivity contribution in [3.63, 3.8) is 0 Å². The number of nitrogens with zero attached hydrogens (tertiary/aromatic N) is 1. The van der Waals surface area contributed by atoms with Gasteiger partial charge in [0, 0.05) is 30.8 Å². The van der Waals surface area contributed by atoms with Gasteiger partial charge >= 0.3 is 0 Å². The first-order valence-corrected chi connectivity index (χ1v) is 7.19. The van der Waals surface area contributed by atoms with Crippen LogP contribution in [0.4, 0.5) is 5.69 Å². The Balaban J connectivity index is 2.16. The van der Waals surface area contributed by atoms with E-state index in [1.54, 1.807) is 0 Å². The van der Waals surface area contributed by atoms with E-state index in [-0.39, 0.29) is 6.04 Å². The van der Waals surface area contributed by atoms with Crippen LogP contribution < -0.4 is 10.6 Å². The van der Waals surface area contributed by atoms with Crippen LogP contribution in [0, 0.1) is 5.92 Å².